The van der Waals surface area contributed by atoms with Gasteiger partial charge in [-0.25, -0.2) is 9.59 Å². The molecule has 0 heterocycles. The van der Waals surface area contributed by atoms with E-state index in [0.29, 0.717) is 5.75 Å². The zero-order valence-corrected chi connectivity index (χ0v) is 38.2. The van der Waals surface area contributed by atoms with Crippen LogP contribution < -0.4 is 21.3 Å². The van der Waals surface area contributed by atoms with Crippen molar-refractivity contribution in [1.29, 1.82) is 0 Å². The highest BCUT2D eigenvalue weighted by molar-refractivity contribution is 7.98. The van der Waals surface area contributed by atoms with Crippen LogP contribution >= 0.6 is 11.8 Å². The summed E-state index contributed by atoms with van der Waals surface area (Å²) >= 11 is 1.45. The summed E-state index contributed by atoms with van der Waals surface area (Å²) < 4.78 is 10.6. The van der Waals surface area contributed by atoms with Crippen LogP contribution in [0.4, 0.5) is 4.79 Å². The molecule has 0 unspecified atom stereocenters. The normalized spacial score (nSPS) is 12.5. The van der Waals surface area contributed by atoms with Crippen molar-refractivity contribution < 1.29 is 33.4 Å². The van der Waals surface area contributed by atoms with Gasteiger partial charge in [-0.05, 0) is 46.7 Å². The number of benzene rings is 6. The van der Waals surface area contributed by atoms with Gasteiger partial charge in [-0.3, -0.25) is 14.4 Å². The van der Waals surface area contributed by atoms with Crippen molar-refractivity contribution in [1.82, 2.24) is 21.3 Å². The van der Waals surface area contributed by atoms with E-state index in [1.54, 1.807) is 6.92 Å². The zero-order valence-electron chi connectivity index (χ0n) is 37.4. The molecule has 6 rings (SSSR count). The van der Waals surface area contributed by atoms with Crippen LogP contribution in [0, 0.1) is 0 Å². The first-order valence-corrected chi connectivity index (χ1v) is 23.4. The monoisotopic (exact) mass is 916 g/mol. The Bertz CT molecular complexity index is 2400. The van der Waals surface area contributed by atoms with Crippen LogP contribution in [0.2, 0.25) is 0 Å². The van der Waals surface area contributed by atoms with Crippen LogP contribution in [0.3, 0.4) is 0 Å². The number of hydrogen-bond donors (Lipinski definition) is 4. The molecule has 0 fully saturated rings. The Kier molecular flexibility index (Phi) is 18.9. The van der Waals surface area contributed by atoms with Gasteiger partial charge < -0.3 is 30.7 Å². The van der Waals surface area contributed by atoms with Gasteiger partial charge in [-0.2, -0.15) is 11.8 Å². The summed E-state index contributed by atoms with van der Waals surface area (Å²) in [5.41, 5.74) is 4.08. The van der Waals surface area contributed by atoms with Gasteiger partial charge in [0.05, 0.1) is 6.61 Å². The Morgan fingerprint density at radius 1 is 0.567 bits per heavy atom. The van der Waals surface area contributed by atoms with E-state index in [1.165, 1.54) is 23.9 Å². The molecule has 344 valence electrons. The lowest BCUT2D eigenvalue weighted by molar-refractivity contribution is -0.137. The van der Waals surface area contributed by atoms with Crippen molar-refractivity contribution in [2.75, 3.05) is 12.4 Å². The van der Waals surface area contributed by atoms with E-state index in [4.69, 9.17) is 9.47 Å². The van der Waals surface area contributed by atoms with E-state index in [1.807, 2.05) is 182 Å². The predicted molar refractivity (Wildman–Crippen MR) is 263 cm³/mol. The number of carbonyl (C=O) groups is 5. The first-order valence-electron chi connectivity index (χ1n) is 22.3. The summed E-state index contributed by atoms with van der Waals surface area (Å²) in [5.74, 6) is -1.33. The molecule has 0 aliphatic rings. The van der Waals surface area contributed by atoms with E-state index >= 15 is 0 Å². The molecule has 67 heavy (non-hydrogen) atoms. The van der Waals surface area contributed by atoms with Gasteiger partial charge in [0.2, 0.25) is 17.7 Å². The number of carbonyl (C=O) groups excluding carboxylic acids is 5. The van der Waals surface area contributed by atoms with Crippen LogP contribution in [0.5, 0.6) is 0 Å². The average Bonchev–Trinajstić information content (AvgIpc) is 3.37. The van der Waals surface area contributed by atoms with Crippen LogP contribution in [0.1, 0.15) is 53.1 Å². The molecule has 0 saturated heterocycles. The van der Waals surface area contributed by atoms with Gasteiger partial charge in [0, 0.05) is 36.5 Å². The lowest BCUT2D eigenvalue weighted by Crippen LogP contribution is -2.56. The minimum absolute atomic E-state index is 0.00167. The molecule has 0 bridgehead atoms. The van der Waals surface area contributed by atoms with Crippen LogP contribution in [0.15, 0.2) is 194 Å². The quantitative estimate of drug-likeness (QED) is 0.0284. The highest BCUT2D eigenvalue weighted by atomic mass is 32.2. The maximum atomic E-state index is 14.5. The molecule has 12 heteroatoms. The van der Waals surface area contributed by atoms with Crippen molar-refractivity contribution in [2.24, 2.45) is 0 Å². The van der Waals surface area contributed by atoms with Gasteiger partial charge in [-0.1, -0.05) is 188 Å². The van der Waals surface area contributed by atoms with Crippen molar-refractivity contribution in [2.45, 2.75) is 62.2 Å². The summed E-state index contributed by atoms with van der Waals surface area (Å²) in [6, 6.07) is 54.3. The van der Waals surface area contributed by atoms with E-state index in [-0.39, 0.29) is 44.1 Å². The summed E-state index contributed by atoms with van der Waals surface area (Å²) in [6.45, 7) is 1.84. The van der Waals surface area contributed by atoms with E-state index in [0.717, 1.165) is 33.4 Å². The fourth-order valence-electron chi connectivity index (χ4n) is 7.51. The molecule has 6 aromatic rings. The smallest absolute Gasteiger partial charge is 0.408 e. The number of amides is 4. The molecule has 0 spiro atoms. The van der Waals surface area contributed by atoms with Gasteiger partial charge in [0.25, 0.3) is 0 Å². The predicted octanol–water partition coefficient (Wildman–Crippen LogP) is 8.43. The van der Waals surface area contributed by atoms with Crippen LogP contribution in [-0.4, -0.2) is 60.3 Å². The summed E-state index contributed by atoms with van der Waals surface area (Å²) in [7, 11) is 0. The molecule has 0 aliphatic heterocycles. The fourth-order valence-corrected chi connectivity index (χ4v) is 8.53. The Labute approximate surface area is 396 Å². The third-order valence-electron chi connectivity index (χ3n) is 10.8. The maximum Gasteiger partial charge on any atom is 0.408 e. The highest BCUT2D eigenvalue weighted by Crippen LogP contribution is 2.37. The van der Waals surface area contributed by atoms with Gasteiger partial charge in [0.15, 0.2) is 0 Å². The molecule has 11 nitrogen and oxygen atoms in total. The molecule has 4 amide bonds. The lowest BCUT2D eigenvalue weighted by Gasteiger charge is -2.37. The topological polar surface area (TPSA) is 152 Å². The Balaban J connectivity index is 1.23. The van der Waals surface area contributed by atoms with E-state index in [9.17, 15) is 24.0 Å². The molecule has 0 radical (unpaired) electrons. The highest BCUT2D eigenvalue weighted by Gasteiger charge is 2.38. The molecular formula is C55H56N4O7S. The van der Waals surface area contributed by atoms with Crippen molar-refractivity contribution in [3.8, 4) is 0 Å². The number of esters is 1. The SMILES string of the molecule is CCOC(=O)/C=C/[C@H](CCC(=O)NC(c1ccccc1)(c1ccccc1)c1ccccc1)NC(=O)[C@H](Cc1ccccc1)NC(=O)[C@H](CSCc1ccccc1)NC(=O)OCc1ccccc1. The molecule has 6 aromatic carbocycles. The Morgan fingerprint density at radius 2 is 1.04 bits per heavy atom. The van der Waals surface area contributed by atoms with Crippen molar-refractivity contribution in [3.63, 3.8) is 0 Å². The first-order chi connectivity index (χ1) is 32.7. The molecule has 0 aliphatic carbocycles. The number of hydrogen-bond acceptors (Lipinski definition) is 8. The minimum Gasteiger partial charge on any atom is -0.463 e. The second-order valence-corrected chi connectivity index (χ2v) is 16.7. The van der Waals surface area contributed by atoms with Gasteiger partial charge >= 0.3 is 12.1 Å². The van der Waals surface area contributed by atoms with Crippen molar-refractivity contribution in [3.05, 3.63) is 228 Å². The second kappa shape index (κ2) is 25.9. The fraction of sp³-hybridized carbons (Fsp3) is 0.218. The Morgan fingerprint density at radius 3 is 1.57 bits per heavy atom. The van der Waals surface area contributed by atoms with Crippen LogP contribution in [-0.2, 0) is 53.0 Å². The van der Waals surface area contributed by atoms with E-state index in [2.05, 4.69) is 21.3 Å². The number of alkyl carbamates (subject to hydrolysis) is 1. The number of ether oxygens (including phenoxy) is 2. The first kappa shape index (κ1) is 49.0. The second-order valence-electron chi connectivity index (χ2n) is 15.7. The standard InChI is InChI=1S/C55H56N4O7S/c1-2-65-51(61)36-34-47(33-35-50(60)59-55(44-27-15-6-16-28-44,45-29-17-7-18-30-45)46-31-19-8-20-32-46)56-52(62)48(37-41-21-9-3-10-22-41)57-53(63)49(40-67-39-43-25-13-5-14-26-43)58-54(64)66-38-42-23-11-4-12-24-42/h3-32,34,36,47-49H,2,33,35,37-40H2,1H3,(H,56,62)(H,57,63)(H,58,64)(H,59,60)/b36-34+/t47-,48-,49-/m0/s1. The molecule has 0 saturated carbocycles. The molecule has 0 aromatic heterocycles. The van der Waals surface area contributed by atoms with Gasteiger partial charge in [0.1, 0.15) is 24.2 Å². The summed E-state index contributed by atoms with van der Waals surface area (Å²) in [5, 5.41) is 12.0. The minimum atomic E-state index is -1.13. The summed E-state index contributed by atoms with van der Waals surface area (Å²) in [4.78, 5) is 68.9. The average molecular weight is 917 g/mol. The maximum absolute atomic E-state index is 14.5. The zero-order chi connectivity index (χ0) is 47.1. The van der Waals surface area contributed by atoms with Crippen LogP contribution in [0.25, 0.3) is 0 Å². The van der Waals surface area contributed by atoms with Gasteiger partial charge in [-0.15, -0.1) is 0 Å². The third kappa shape index (κ3) is 15.1. The number of nitrogens with one attached hydrogen (secondary N) is 4. The third-order valence-corrected chi connectivity index (χ3v) is 11.9. The Hall–Kier alpha value is -7.44. The number of thioether (sulfide) groups is 1. The molecule has 4 N–H and O–H groups in total. The molecule has 3 atom stereocenters. The van der Waals surface area contributed by atoms with E-state index < -0.39 is 47.5 Å². The summed E-state index contributed by atoms with van der Waals surface area (Å²) in [6.07, 6.45) is 2.07. The van der Waals surface area contributed by atoms with Crippen molar-refractivity contribution >= 4 is 41.5 Å². The number of rotatable bonds is 23. The molecular weight excluding hydrogens is 861 g/mol. The largest absolute Gasteiger partial charge is 0.463 e. The lowest BCUT2D eigenvalue weighted by atomic mass is 9.77.